The van der Waals surface area contributed by atoms with E-state index in [0.717, 1.165) is 6.42 Å². The summed E-state index contributed by atoms with van der Waals surface area (Å²) in [5.41, 5.74) is 0. The molecule has 0 aromatic rings. The van der Waals surface area contributed by atoms with Gasteiger partial charge in [-0.05, 0) is 0 Å². The number of allylic oxidation sites excluding steroid dienone is 4. The molecule has 0 spiro atoms. The van der Waals surface area contributed by atoms with Gasteiger partial charge in [0, 0.05) is 0 Å². The number of hydrogen-bond acceptors (Lipinski definition) is 0. The predicted octanol–water partition coefficient (Wildman–Crippen LogP) is -4.24. The van der Waals surface area contributed by atoms with Crippen LogP contribution >= 0.6 is 0 Å². The van der Waals surface area contributed by atoms with Gasteiger partial charge in [0.2, 0.25) is 0 Å². The van der Waals surface area contributed by atoms with Gasteiger partial charge in [0.25, 0.3) is 0 Å². The Hall–Kier alpha value is 1.31. The summed E-state index contributed by atoms with van der Waals surface area (Å²) in [6.45, 7) is 0. The molecule has 0 aliphatic heterocycles. The average Bonchev–Trinajstić information content (AvgIpc) is 1.76. The zero-order chi connectivity index (χ0) is 3.54. The molecule has 0 aromatic heterocycles. The average molecular weight is 418 g/mol. The van der Waals surface area contributed by atoms with E-state index in [1.807, 2.05) is 12.2 Å². The molecular weight excluding hydrogens is 410 g/mol. The Morgan fingerprint density at radius 3 is 1.89 bits per heavy atom. The van der Waals surface area contributed by atoms with Gasteiger partial charge in [-0.2, -0.15) is 6.08 Å². The van der Waals surface area contributed by atoms with Crippen molar-refractivity contribution in [3.8, 4) is 0 Å². The zero-order valence-corrected chi connectivity index (χ0v) is 12.0. The van der Waals surface area contributed by atoms with Gasteiger partial charge in [0.1, 0.15) is 0 Å². The van der Waals surface area contributed by atoms with Gasteiger partial charge in [-0.3, -0.25) is 6.08 Å². The van der Waals surface area contributed by atoms with E-state index in [1.54, 1.807) is 0 Å². The Kier molecular flexibility index (Phi) is 40.3. The molecule has 0 saturated carbocycles. The molecule has 0 unspecified atom stereocenters. The van der Waals surface area contributed by atoms with Crippen LogP contribution in [-0.4, -0.2) is 0 Å². The van der Waals surface area contributed by atoms with Crippen molar-refractivity contribution in [3.63, 3.8) is 0 Å². The van der Waals surface area contributed by atoms with Gasteiger partial charge in [-0.25, -0.2) is 12.2 Å². The van der Waals surface area contributed by atoms with E-state index in [-0.39, 0.29) is 67.2 Å². The molecule has 0 aromatic carbocycles. The number of rotatable bonds is 0. The first kappa shape index (κ1) is 22.4. The van der Waals surface area contributed by atoms with Crippen molar-refractivity contribution < 1.29 is 59.8 Å². The minimum atomic E-state index is 0. The third-order valence-corrected chi connectivity index (χ3v) is 0.586. The van der Waals surface area contributed by atoms with E-state index in [4.69, 9.17) is 0 Å². The van der Waals surface area contributed by atoms with Crippen molar-refractivity contribution in [1.82, 2.24) is 0 Å². The van der Waals surface area contributed by atoms with Crippen molar-refractivity contribution >= 4 is 0 Å². The van der Waals surface area contributed by atoms with Crippen molar-refractivity contribution in [2.24, 2.45) is 0 Å². The van der Waals surface area contributed by atoms with Crippen LogP contribution in [0.2, 0.25) is 0 Å². The standard InChI is InChI=1S/C5H5.CH3.2BrH.Hf/c1-2-4-5-3-1;;;;/h1-3H,4H2;1H3;2*1H;/q2*-1;;;+4/p-2. The fraction of sp³-hybridized carbons (Fsp3) is 0.167. The summed E-state index contributed by atoms with van der Waals surface area (Å²) < 4.78 is 0. The van der Waals surface area contributed by atoms with Crippen LogP contribution in [0, 0.1) is 13.5 Å². The maximum absolute atomic E-state index is 2.99. The van der Waals surface area contributed by atoms with Gasteiger partial charge >= 0.3 is 25.8 Å². The Balaban J connectivity index is -0.0000000312. The summed E-state index contributed by atoms with van der Waals surface area (Å²) in [7, 11) is 0. The van der Waals surface area contributed by atoms with E-state index in [0.29, 0.717) is 0 Å². The first-order valence-electron chi connectivity index (χ1n) is 1.72. The van der Waals surface area contributed by atoms with E-state index < -0.39 is 0 Å². The molecule has 0 N–H and O–H groups in total. The number of halogens is 2. The van der Waals surface area contributed by atoms with Crippen molar-refractivity contribution in [3.05, 3.63) is 31.7 Å². The smallest absolute Gasteiger partial charge is 1.00 e. The second kappa shape index (κ2) is 16.1. The van der Waals surface area contributed by atoms with Crippen LogP contribution in [0.15, 0.2) is 18.2 Å². The molecule has 9 heavy (non-hydrogen) atoms. The molecule has 1 aliphatic rings. The molecule has 1 aliphatic carbocycles. The molecule has 0 bridgehead atoms. The predicted molar refractivity (Wildman–Crippen MR) is 28.0 cm³/mol. The Morgan fingerprint density at radius 2 is 1.78 bits per heavy atom. The third-order valence-electron chi connectivity index (χ3n) is 0.586. The number of hydrogen-bond donors (Lipinski definition) is 0. The first-order chi connectivity index (χ1) is 2.50. The van der Waals surface area contributed by atoms with Gasteiger partial charge in [-0.15, -0.1) is 6.42 Å². The molecule has 0 atom stereocenters. The minimum absolute atomic E-state index is 0. The van der Waals surface area contributed by atoms with E-state index in [2.05, 4.69) is 12.2 Å². The quantitative estimate of drug-likeness (QED) is 0.276. The van der Waals surface area contributed by atoms with Gasteiger partial charge in [0.15, 0.2) is 0 Å². The summed E-state index contributed by atoms with van der Waals surface area (Å²) in [5.74, 6) is 0. The van der Waals surface area contributed by atoms with Gasteiger partial charge in [-0.1, -0.05) is 0 Å². The normalized spacial score (nSPS) is 9.78. The van der Waals surface area contributed by atoms with E-state index >= 15 is 0 Å². The van der Waals surface area contributed by atoms with Crippen LogP contribution in [0.25, 0.3) is 0 Å². The third kappa shape index (κ3) is 12.5. The SMILES string of the molecule is [Br-].[Br-].[C-]1=CC=CC1.[CH3-].[Hf+4]. The molecule has 0 fully saturated rings. The summed E-state index contributed by atoms with van der Waals surface area (Å²) in [6, 6.07) is 0. The van der Waals surface area contributed by atoms with Gasteiger partial charge in [0.05, 0.1) is 0 Å². The second-order valence-corrected chi connectivity index (χ2v) is 1.00. The van der Waals surface area contributed by atoms with Crippen LogP contribution in [0.5, 0.6) is 0 Å². The fourth-order valence-electron chi connectivity index (χ4n) is 0.340. The second-order valence-electron chi connectivity index (χ2n) is 1.00. The van der Waals surface area contributed by atoms with Crippen LogP contribution < -0.4 is 34.0 Å². The molecule has 0 saturated heterocycles. The summed E-state index contributed by atoms with van der Waals surface area (Å²) in [5, 5.41) is 0. The Labute approximate surface area is 97.1 Å². The summed E-state index contributed by atoms with van der Waals surface area (Å²) in [4.78, 5) is 0. The Bertz CT molecular complexity index is 69.1. The largest absolute Gasteiger partial charge is 4.00 e. The topological polar surface area (TPSA) is 0 Å². The molecule has 0 amide bonds. The van der Waals surface area contributed by atoms with Gasteiger partial charge < -0.3 is 41.4 Å². The maximum atomic E-state index is 2.99. The molecular formula is C6H8Br2Hf. The minimum Gasteiger partial charge on any atom is -1.00 e. The molecule has 0 radical (unpaired) electrons. The molecule has 50 valence electrons. The maximum Gasteiger partial charge on any atom is 4.00 e. The van der Waals surface area contributed by atoms with Crippen LogP contribution in [0.3, 0.4) is 0 Å². The van der Waals surface area contributed by atoms with Crippen LogP contribution in [0.1, 0.15) is 6.42 Å². The fourth-order valence-corrected chi connectivity index (χ4v) is 0.340. The van der Waals surface area contributed by atoms with Crippen molar-refractivity contribution in [1.29, 1.82) is 0 Å². The van der Waals surface area contributed by atoms with Crippen LogP contribution in [0.4, 0.5) is 0 Å². The summed E-state index contributed by atoms with van der Waals surface area (Å²) >= 11 is 0. The van der Waals surface area contributed by atoms with E-state index in [9.17, 15) is 0 Å². The molecule has 0 nitrogen and oxygen atoms in total. The monoisotopic (exact) mass is 418 g/mol. The Morgan fingerprint density at radius 1 is 1.22 bits per heavy atom. The first-order valence-corrected chi connectivity index (χ1v) is 1.72. The van der Waals surface area contributed by atoms with Crippen molar-refractivity contribution in [2.45, 2.75) is 6.42 Å². The molecule has 1 rings (SSSR count). The van der Waals surface area contributed by atoms with E-state index in [1.165, 1.54) is 0 Å². The molecule has 3 heteroatoms. The summed E-state index contributed by atoms with van der Waals surface area (Å²) in [6.07, 6.45) is 10.0. The van der Waals surface area contributed by atoms with Crippen LogP contribution in [-0.2, 0) is 25.8 Å². The zero-order valence-electron chi connectivity index (χ0n) is 5.20. The van der Waals surface area contributed by atoms with Crippen molar-refractivity contribution in [2.75, 3.05) is 0 Å². The molecule has 0 heterocycles.